The summed E-state index contributed by atoms with van der Waals surface area (Å²) in [4.78, 5) is 11.8. The van der Waals surface area contributed by atoms with E-state index < -0.39 is 0 Å². The Morgan fingerprint density at radius 1 is 1.53 bits per heavy atom. The minimum Gasteiger partial charge on any atom is -0.497 e. The predicted octanol–water partition coefficient (Wildman–Crippen LogP) is 3.30. The lowest BCUT2D eigenvalue weighted by atomic mass is 9.87. The molecule has 2 rings (SSSR count). The highest BCUT2D eigenvalue weighted by Gasteiger charge is 2.32. The van der Waals surface area contributed by atoms with Gasteiger partial charge >= 0.3 is 0 Å². The largest absolute Gasteiger partial charge is 0.497 e. The van der Waals surface area contributed by atoms with E-state index in [1.165, 1.54) is 12.8 Å². The van der Waals surface area contributed by atoms with Gasteiger partial charge in [0, 0.05) is 3.57 Å². The van der Waals surface area contributed by atoms with Crippen molar-refractivity contribution in [1.29, 1.82) is 0 Å². The standard InChI is InChI=1S/C15H20INO2/c1-9(10-3-4-10)7-13(15(17)18)12-8-11(19-2)5-6-14(12)16/h5-6,8-10,13H,3-4,7H2,1-2H3,(H2,17,18). The number of ether oxygens (including phenoxy) is 1. The molecule has 0 spiro atoms. The summed E-state index contributed by atoms with van der Waals surface area (Å²) in [5, 5.41) is 0. The Morgan fingerprint density at radius 3 is 2.74 bits per heavy atom. The quantitative estimate of drug-likeness (QED) is 0.778. The lowest BCUT2D eigenvalue weighted by molar-refractivity contribution is -0.119. The Labute approximate surface area is 128 Å². The lowest BCUT2D eigenvalue weighted by Crippen LogP contribution is -2.24. The lowest BCUT2D eigenvalue weighted by Gasteiger charge is -2.20. The van der Waals surface area contributed by atoms with Gasteiger partial charge in [-0.15, -0.1) is 0 Å². The molecule has 1 aromatic rings. The van der Waals surface area contributed by atoms with Crippen LogP contribution in [0.2, 0.25) is 0 Å². The minimum absolute atomic E-state index is 0.211. The van der Waals surface area contributed by atoms with Crippen LogP contribution in [0.25, 0.3) is 0 Å². The zero-order valence-electron chi connectivity index (χ0n) is 11.4. The Kier molecular flexibility index (Phi) is 4.71. The molecule has 2 unspecified atom stereocenters. The van der Waals surface area contributed by atoms with Gasteiger partial charge < -0.3 is 10.5 Å². The van der Waals surface area contributed by atoms with Gasteiger partial charge in [-0.1, -0.05) is 6.92 Å². The molecule has 104 valence electrons. The van der Waals surface area contributed by atoms with E-state index in [-0.39, 0.29) is 11.8 Å². The molecule has 0 radical (unpaired) electrons. The minimum atomic E-state index is -0.237. The number of hydrogen-bond acceptors (Lipinski definition) is 2. The molecule has 19 heavy (non-hydrogen) atoms. The van der Waals surface area contributed by atoms with Crippen molar-refractivity contribution in [3.63, 3.8) is 0 Å². The molecule has 2 N–H and O–H groups in total. The smallest absolute Gasteiger partial charge is 0.225 e. The van der Waals surface area contributed by atoms with Gasteiger partial charge in [0.05, 0.1) is 13.0 Å². The van der Waals surface area contributed by atoms with E-state index in [4.69, 9.17) is 10.5 Å². The average Bonchev–Trinajstić information content (AvgIpc) is 3.20. The van der Waals surface area contributed by atoms with Crippen molar-refractivity contribution in [2.24, 2.45) is 17.6 Å². The van der Waals surface area contributed by atoms with Crippen LogP contribution in [0.3, 0.4) is 0 Å². The number of primary amides is 1. The van der Waals surface area contributed by atoms with Crippen LogP contribution in [-0.4, -0.2) is 13.0 Å². The van der Waals surface area contributed by atoms with Crippen molar-refractivity contribution in [3.05, 3.63) is 27.3 Å². The van der Waals surface area contributed by atoms with Gasteiger partial charge in [0.15, 0.2) is 0 Å². The van der Waals surface area contributed by atoms with Crippen LogP contribution < -0.4 is 10.5 Å². The van der Waals surface area contributed by atoms with Crippen LogP contribution in [0.15, 0.2) is 18.2 Å². The monoisotopic (exact) mass is 373 g/mol. The van der Waals surface area contributed by atoms with Crippen molar-refractivity contribution in [1.82, 2.24) is 0 Å². The number of benzene rings is 1. The highest BCUT2D eigenvalue weighted by molar-refractivity contribution is 14.1. The van der Waals surface area contributed by atoms with E-state index >= 15 is 0 Å². The third-order valence-electron chi connectivity index (χ3n) is 3.96. The second-order valence-corrected chi connectivity index (χ2v) is 6.56. The number of amides is 1. The number of halogens is 1. The third kappa shape index (κ3) is 3.61. The highest BCUT2D eigenvalue weighted by atomic mass is 127. The molecule has 1 aromatic carbocycles. The zero-order valence-corrected chi connectivity index (χ0v) is 13.5. The molecular weight excluding hydrogens is 353 g/mol. The van der Waals surface area contributed by atoms with E-state index in [1.807, 2.05) is 18.2 Å². The SMILES string of the molecule is COc1ccc(I)c(C(CC(C)C2CC2)C(N)=O)c1. The van der Waals surface area contributed by atoms with Crippen LogP contribution in [0.1, 0.15) is 37.7 Å². The normalized spacial score (nSPS) is 17.8. The van der Waals surface area contributed by atoms with Crippen molar-refractivity contribution < 1.29 is 9.53 Å². The van der Waals surface area contributed by atoms with Crippen LogP contribution in [0.5, 0.6) is 5.75 Å². The molecule has 0 aromatic heterocycles. The Hall–Kier alpha value is -0.780. The number of methoxy groups -OCH3 is 1. The molecule has 1 aliphatic rings. The summed E-state index contributed by atoms with van der Waals surface area (Å²) in [5.41, 5.74) is 6.61. The topological polar surface area (TPSA) is 52.3 Å². The third-order valence-corrected chi connectivity index (χ3v) is 4.94. The van der Waals surface area contributed by atoms with Gasteiger partial charge in [-0.2, -0.15) is 0 Å². The fourth-order valence-electron chi connectivity index (χ4n) is 2.54. The first-order valence-corrected chi connectivity index (χ1v) is 7.73. The van der Waals surface area contributed by atoms with Gasteiger partial charge in [-0.3, -0.25) is 4.79 Å². The molecule has 0 aliphatic heterocycles. The van der Waals surface area contributed by atoms with Crippen molar-refractivity contribution >= 4 is 28.5 Å². The molecule has 0 heterocycles. The maximum Gasteiger partial charge on any atom is 0.225 e. The zero-order chi connectivity index (χ0) is 14.0. The molecule has 0 saturated heterocycles. The Bertz CT molecular complexity index is 471. The molecule has 1 aliphatic carbocycles. The summed E-state index contributed by atoms with van der Waals surface area (Å²) in [7, 11) is 1.64. The van der Waals surface area contributed by atoms with Crippen LogP contribution in [0, 0.1) is 15.4 Å². The molecular formula is C15H20INO2. The Morgan fingerprint density at radius 2 is 2.21 bits per heavy atom. The number of carbonyl (C=O) groups is 1. The van der Waals surface area contributed by atoms with Crippen molar-refractivity contribution in [2.75, 3.05) is 7.11 Å². The van der Waals surface area contributed by atoms with E-state index in [2.05, 4.69) is 29.5 Å². The maximum absolute atomic E-state index is 11.8. The van der Waals surface area contributed by atoms with Gasteiger partial charge in [-0.05, 0) is 77.5 Å². The summed E-state index contributed by atoms with van der Waals surface area (Å²) in [6.07, 6.45) is 3.42. The van der Waals surface area contributed by atoms with E-state index in [0.29, 0.717) is 5.92 Å². The summed E-state index contributed by atoms with van der Waals surface area (Å²) in [6.45, 7) is 2.22. The number of carbonyl (C=O) groups excluding carboxylic acids is 1. The molecule has 1 amide bonds. The van der Waals surface area contributed by atoms with Crippen LogP contribution >= 0.6 is 22.6 Å². The first kappa shape index (κ1) is 14.6. The van der Waals surface area contributed by atoms with E-state index in [1.54, 1.807) is 7.11 Å². The summed E-state index contributed by atoms with van der Waals surface area (Å²) < 4.78 is 6.32. The van der Waals surface area contributed by atoms with Gasteiger partial charge in [0.1, 0.15) is 5.75 Å². The van der Waals surface area contributed by atoms with Crippen LogP contribution in [-0.2, 0) is 4.79 Å². The average molecular weight is 373 g/mol. The van der Waals surface area contributed by atoms with E-state index in [9.17, 15) is 4.79 Å². The molecule has 1 saturated carbocycles. The fraction of sp³-hybridized carbons (Fsp3) is 0.533. The first-order chi connectivity index (χ1) is 9.02. The van der Waals surface area contributed by atoms with Crippen molar-refractivity contribution in [2.45, 2.75) is 32.1 Å². The van der Waals surface area contributed by atoms with Crippen molar-refractivity contribution in [3.8, 4) is 5.75 Å². The number of rotatable bonds is 6. The predicted molar refractivity (Wildman–Crippen MR) is 84.2 cm³/mol. The first-order valence-electron chi connectivity index (χ1n) is 6.65. The van der Waals surface area contributed by atoms with Gasteiger partial charge in [0.2, 0.25) is 5.91 Å². The van der Waals surface area contributed by atoms with Crippen LogP contribution in [0.4, 0.5) is 0 Å². The fourth-order valence-corrected chi connectivity index (χ4v) is 3.25. The van der Waals surface area contributed by atoms with E-state index in [0.717, 1.165) is 27.2 Å². The summed E-state index contributed by atoms with van der Waals surface area (Å²) in [6, 6.07) is 5.83. The highest BCUT2D eigenvalue weighted by Crippen LogP contribution is 2.41. The molecule has 3 nitrogen and oxygen atoms in total. The number of nitrogens with two attached hydrogens (primary N) is 1. The molecule has 4 heteroatoms. The second kappa shape index (κ2) is 6.11. The molecule has 0 bridgehead atoms. The summed E-state index contributed by atoms with van der Waals surface area (Å²) >= 11 is 2.26. The summed E-state index contributed by atoms with van der Waals surface area (Å²) in [5.74, 6) is 1.67. The van der Waals surface area contributed by atoms with Gasteiger partial charge in [-0.25, -0.2) is 0 Å². The maximum atomic E-state index is 11.8. The van der Waals surface area contributed by atoms with Gasteiger partial charge in [0.25, 0.3) is 0 Å². The molecule has 2 atom stereocenters. The molecule has 1 fully saturated rings. The second-order valence-electron chi connectivity index (χ2n) is 5.39. The number of hydrogen-bond donors (Lipinski definition) is 1. The Balaban J connectivity index is 2.24.